The van der Waals surface area contributed by atoms with E-state index in [9.17, 15) is 39.0 Å². The molecule has 1 aromatic rings. The molecule has 4 amide bonds. The Morgan fingerprint density at radius 2 is 1.63 bits per heavy atom. The lowest BCUT2D eigenvalue weighted by molar-refractivity contribution is -0.143. The Hall–Kier alpha value is -4.01. The quantitative estimate of drug-likeness (QED) is 0.123. The number of carbonyl (C=O) groups is 6. The van der Waals surface area contributed by atoms with Crippen LogP contribution in [-0.4, -0.2) is 79.9 Å². The number of imidazole rings is 1. The van der Waals surface area contributed by atoms with E-state index in [1.807, 2.05) is 0 Å². The molecule has 0 saturated carbocycles. The van der Waals surface area contributed by atoms with Crippen molar-refractivity contribution in [3.05, 3.63) is 18.2 Å². The van der Waals surface area contributed by atoms with E-state index in [-0.39, 0.29) is 6.42 Å². The number of nitrogens with zero attached hydrogens (tertiary/aromatic N) is 1. The van der Waals surface area contributed by atoms with E-state index in [1.165, 1.54) is 12.5 Å². The summed E-state index contributed by atoms with van der Waals surface area (Å²) >= 11 is 0. The van der Waals surface area contributed by atoms with Crippen LogP contribution < -0.4 is 27.4 Å². The lowest BCUT2D eigenvalue weighted by atomic mass is 9.97. The predicted molar refractivity (Wildman–Crippen MR) is 119 cm³/mol. The smallest absolute Gasteiger partial charge is 0.326 e. The van der Waals surface area contributed by atoms with Gasteiger partial charge in [0.15, 0.2) is 0 Å². The summed E-state index contributed by atoms with van der Waals surface area (Å²) in [4.78, 5) is 78.3. The largest absolute Gasteiger partial charge is 0.481 e. The molecule has 0 bridgehead atoms. The molecule has 5 atom stereocenters. The summed E-state index contributed by atoms with van der Waals surface area (Å²) in [5.74, 6) is -6.89. The minimum atomic E-state index is -1.65. The molecule has 0 radical (unpaired) electrons. The van der Waals surface area contributed by atoms with E-state index in [4.69, 9.17) is 11.5 Å². The average molecular weight is 498 g/mol. The van der Waals surface area contributed by atoms with Crippen LogP contribution in [-0.2, 0) is 35.2 Å². The van der Waals surface area contributed by atoms with Crippen molar-refractivity contribution in [2.45, 2.75) is 63.7 Å². The fourth-order valence-electron chi connectivity index (χ4n) is 3.01. The number of nitrogens with two attached hydrogens (primary N) is 2. The highest BCUT2D eigenvalue weighted by atomic mass is 16.4. The van der Waals surface area contributed by atoms with Gasteiger partial charge in [0.2, 0.25) is 23.6 Å². The third kappa shape index (κ3) is 9.79. The Kier molecular flexibility index (Phi) is 11.3. The van der Waals surface area contributed by atoms with Gasteiger partial charge < -0.3 is 42.6 Å². The lowest BCUT2D eigenvalue weighted by Crippen LogP contribution is -2.59. The lowest BCUT2D eigenvalue weighted by Gasteiger charge is -2.27. The molecule has 0 aliphatic carbocycles. The number of carbonyl (C=O) groups excluding carboxylic acids is 4. The second-order valence-electron chi connectivity index (χ2n) is 7.99. The van der Waals surface area contributed by atoms with Crippen LogP contribution in [0, 0.1) is 5.92 Å². The van der Waals surface area contributed by atoms with Crippen molar-refractivity contribution in [2.75, 3.05) is 0 Å². The Morgan fingerprint density at radius 1 is 1.00 bits per heavy atom. The Morgan fingerprint density at radius 3 is 2.11 bits per heavy atom. The van der Waals surface area contributed by atoms with Crippen molar-refractivity contribution >= 4 is 35.6 Å². The van der Waals surface area contributed by atoms with Gasteiger partial charge in [-0.3, -0.25) is 24.0 Å². The number of primary amides is 1. The van der Waals surface area contributed by atoms with Gasteiger partial charge >= 0.3 is 11.9 Å². The minimum Gasteiger partial charge on any atom is -0.481 e. The van der Waals surface area contributed by atoms with Crippen molar-refractivity contribution in [1.82, 2.24) is 25.9 Å². The van der Waals surface area contributed by atoms with Gasteiger partial charge in [-0.05, 0) is 5.92 Å². The van der Waals surface area contributed by atoms with Crippen LogP contribution in [0.15, 0.2) is 12.5 Å². The Balaban J connectivity index is 3.01. The highest BCUT2D eigenvalue weighted by Gasteiger charge is 2.33. The molecule has 35 heavy (non-hydrogen) atoms. The molecule has 15 heteroatoms. The molecular weight excluding hydrogens is 466 g/mol. The van der Waals surface area contributed by atoms with Gasteiger partial charge in [-0.25, -0.2) is 9.78 Å². The first-order valence-corrected chi connectivity index (χ1v) is 10.7. The zero-order valence-corrected chi connectivity index (χ0v) is 19.3. The number of nitrogens with one attached hydrogen (secondary N) is 4. The SMILES string of the molecule is CCC(C)C(NC(=O)C(N)CC(N)=O)C(=O)NC(CC(=O)O)C(=O)NC(Cc1cnc[nH]1)C(=O)O. The molecule has 15 nitrogen and oxygen atoms in total. The highest BCUT2D eigenvalue weighted by Crippen LogP contribution is 2.10. The predicted octanol–water partition coefficient (Wildman–Crippen LogP) is -2.79. The van der Waals surface area contributed by atoms with Crippen LogP contribution in [0.4, 0.5) is 0 Å². The number of carboxylic acids is 2. The molecule has 5 unspecified atom stereocenters. The van der Waals surface area contributed by atoms with Gasteiger partial charge in [0.05, 0.1) is 25.2 Å². The number of hydrogen-bond donors (Lipinski definition) is 8. The summed E-state index contributed by atoms with van der Waals surface area (Å²) in [6, 6.07) is -5.63. The summed E-state index contributed by atoms with van der Waals surface area (Å²) < 4.78 is 0. The van der Waals surface area contributed by atoms with E-state index >= 15 is 0 Å². The second kappa shape index (κ2) is 13.6. The normalized spacial score (nSPS) is 15.1. The van der Waals surface area contributed by atoms with Gasteiger partial charge in [-0.1, -0.05) is 20.3 Å². The van der Waals surface area contributed by atoms with Crippen LogP contribution in [0.2, 0.25) is 0 Å². The first kappa shape index (κ1) is 29.0. The highest BCUT2D eigenvalue weighted by molar-refractivity contribution is 5.96. The van der Waals surface area contributed by atoms with Crippen LogP contribution in [0.3, 0.4) is 0 Å². The summed E-state index contributed by atoms with van der Waals surface area (Å²) in [6.45, 7) is 3.36. The fraction of sp³-hybridized carbons (Fsp3) is 0.550. The summed E-state index contributed by atoms with van der Waals surface area (Å²) in [5.41, 5.74) is 11.1. The minimum absolute atomic E-state index is 0.169. The molecule has 0 saturated heterocycles. The molecule has 0 spiro atoms. The van der Waals surface area contributed by atoms with Gasteiger partial charge in [0, 0.05) is 18.3 Å². The van der Waals surface area contributed by atoms with Crippen molar-refractivity contribution in [3.8, 4) is 0 Å². The summed E-state index contributed by atoms with van der Waals surface area (Å²) in [7, 11) is 0. The van der Waals surface area contributed by atoms with E-state index in [1.54, 1.807) is 13.8 Å². The summed E-state index contributed by atoms with van der Waals surface area (Å²) in [6.07, 6.45) is 1.61. The molecule has 0 aliphatic rings. The van der Waals surface area contributed by atoms with E-state index in [2.05, 4.69) is 25.9 Å². The summed E-state index contributed by atoms with van der Waals surface area (Å²) in [5, 5.41) is 25.5. The maximum atomic E-state index is 12.9. The molecule has 10 N–H and O–H groups in total. The Labute approximate surface area is 200 Å². The first-order chi connectivity index (χ1) is 16.3. The van der Waals surface area contributed by atoms with E-state index in [0.717, 1.165) is 0 Å². The molecule has 1 rings (SSSR count). The zero-order valence-electron chi connectivity index (χ0n) is 19.3. The number of amides is 4. The van der Waals surface area contributed by atoms with Crippen LogP contribution in [0.25, 0.3) is 0 Å². The number of hydrogen-bond acceptors (Lipinski definition) is 8. The molecule has 1 heterocycles. The molecule has 194 valence electrons. The fourth-order valence-corrected chi connectivity index (χ4v) is 3.01. The van der Waals surface area contributed by atoms with Gasteiger partial charge in [0.25, 0.3) is 0 Å². The van der Waals surface area contributed by atoms with Crippen molar-refractivity contribution < 1.29 is 39.0 Å². The average Bonchev–Trinajstić information content (AvgIpc) is 3.27. The molecule has 0 aliphatic heterocycles. The van der Waals surface area contributed by atoms with Crippen molar-refractivity contribution in [2.24, 2.45) is 17.4 Å². The number of carboxylic acid groups (broad SMARTS) is 2. The number of aromatic nitrogens is 2. The van der Waals surface area contributed by atoms with E-state index < -0.39 is 78.5 Å². The van der Waals surface area contributed by atoms with Crippen LogP contribution in [0.5, 0.6) is 0 Å². The monoisotopic (exact) mass is 497 g/mol. The maximum absolute atomic E-state index is 12.9. The van der Waals surface area contributed by atoms with Gasteiger partial charge in [-0.15, -0.1) is 0 Å². The third-order valence-corrected chi connectivity index (χ3v) is 5.16. The van der Waals surface area contributed by atoms with Crippen molar-refractivity contribution in [1.29, 1.82) is 0 Å². The van der Waals surface area contributed by atoms with Crippen LogP contribution in [0.1, 0.15) is 38.8 Å². The number of aliphatic carboxylic acids is 2. The molecule has 0 fully saturated rings. The first-order valence-electron chi connectivity index (χ1n) is 10.7. The third-order valence-electron chi connectivity index (χ3n) is 5.16. The number of aromatic amines is 1. The van der Waals surface area contributed by atoms with Crippen molar-refractivity contribution in [3.63, 3.8) is 0 Å². The van der Waals surface area contributed by atoms with Crippen LogP contribution >= 0.6 is 0 Å². The van der Waals surface area contributed by atoms with E-state index in [0.29, 0.717) is 12.1 Å². The zero-order chi connectivity index (χ0) is 26.7. The van der Waals surface area contributed by atoms with Gasteiger partial charge in [0.1, 0.15) is 18.1 Å². The van der Waals surface area contributed by atoms with Gasteiger partial charge in [-0.2, -0.15) is 0 Å². The topological polar surface area (TPSA) is 260 Å². The second-order valence-corrected chi connectivity index (χ2v) is 7.99. The molecular formula is C20H31N7O8. The number of rotatable bonds is 15. The maximum Gasteiger partial charge on any atom is 0.326 e. The molecule has 1 aromatic heterocycles. The standard InChI is InChI=1S/C20H31N7O8/c1-3-9(2)16(27-17(31)11(21)5-14(22)28)19(33)25-12(6-15(29)30)18(32)26-13(20(34)35)4-10-7-23-8-24-10/h7-9,11-13,16H,3-6,21H2,1-2H3,(H2,22,28)(H,23,24)(H,25,33)(H,26,32)(H,27,31)(H,29,30)(H,34,35). The number of H-pyrrole nitrogens is 1. The Bertz CT molecular complexity index is 921. The molecule has 0 aromatic carbocycles.